The van der Waals surface area contributed by atoms with Crippen molar-refractivity contribution in [2.75, 3.05) is 4.90 Å². The van der Waals surface area contributed by atoms with E-state index >= 15 is 0 Å². The van der Waals surface area contributed by atoms with Gasteiger partial charge in [0.15, 0.2) is 0 Å². The van der Waals surface area contributed by atoms with Crippen LogP contribution in [0.2, 0.25) is 0 Å². The van der Waals surface area contributed by atoms with E-state index in [0.29, 0.717) is 0 Å². The molecule has 13 rings (SSSR count). The van der Waals surface area contributed by atoms with E-state index in [0.717, 1.165) is 17.1 Å². The molecule has 1 spiro atoms. The number of hydrogen-bond acceptors (Lipinski definition) is 2. The van der Waals surface area contributed by atoms with Crippen molar-refractivity contribution in [2.45, 2.75) is 15.2 Å². The van der Waals surface area contributed by atoms with Crippen LogP contribution in [0, 0.1) is 0 Å². The molecule has 1 unspecified atom stereocenters. The van der Waals surface area contributed by atoms with Gasteiger partial charge in [-0.3, -0.25) is 0 Å². The maximum Gasteiger partial charge on any atom is 0.0736 e. The summed E-state index contributed by atoms with van der Waals surface area (Å²) in [5, 5.41) is 5.04. The molecular formula is C59H38N2S. The Bertz CT molecular complexity index is 3560. The van der Waals surface area contributed by atoms with E-state index in [4.69, 9.17) is 0 Å². The van der Waals surface area contributed by atoms with Gasteiger partial charge in [0.05, 0.1) is 22.1 Å². The highest BCUT2D eigenvalue weighted by atomic mass is 32.2. The van der Waals surface area contributed by atoms with Crippen LogP contribution in [-0.2, 0) is 5.41 Å². The topological polar surface area (TPSA) is 8.17 Å². The molecular weight excluding hydrogens is 769 g/mol. The van der Waals surface area contributed by atoms with Crippen molar-refractivity contribution in [3.05, 3.63) is 253 Å². The first-order chi connectivity index (χ1) is 30.8. The largest absolute Gasteiger partial charge is 0.310 e. The van der Waals surface area contributed by atoms with E-state index in [1.54, 1.807) is 0 Å². The molecule has 1 aliphatic carbocycles. The van der Waals surface area contributed by atoms with Crippen LogP contribution in [0.1, 0.15) is 22.3 Å². The first-order valence-electron chi connectivity index (χ1n) is 21.3. The maximum absolute atomic E-state index is 2.50. The smallest absolute Gasteiger partial charge is 0.0736 e. The summed E-state index contributed by atoms with van der Waals surface area (Å²) in [6, 6.07) is 85.4. The molecule has 11 aromatic rings. The molecule has 1 atom stereocenters. The van der Waals surface area contributed by atoms with Gasteiger partial charge in [-0.25, -0.2) is 0 Å². The van der Waals surface area contributed by atoms with Gasteiger partial charge in [-0.1, -0.05) is 176 Å². The number of hydrogen-bond donors (Lipinski definition) is 0. The van der Waals surface area contributed by atoms with Crippen molar-refractivity contribution in [1.82, 2.24) is 4.57 Å². The lowest BCUT2D eigenvalue weighted by Crippen LogP contribution is -2.36. The van der Waals surface area contributed by atoms with Crippen molar-refractivity contribution in [2.24, 2.45) is 0 Å². The lowest BCUT2D eigenvalue weighted by molar-refractivity contribution is 0.707. The fourth-order valence-electron chi connectivity index (χ4n) is 10.7. The normalized spacial score (nSPS) is 14.8. The average Bonchev–Trinajstić information content (AvgIpc) is 3.67. The number of nitrogens with zero attached hydrogens (tertiary/aromatic N) is 2. The predicted molar refractivity (Wildman–Crippen MR) is 260 cm³/mol. The van der Waals surface area contributed by atoms with E-state index in [2.05, 4.69) is 240 Å². The van der Waals surface area contributed by atoms with E-state index in [1.165, 1.54) is 92.6 Å². The number of benzene rings is 10. The molecule has 0 fully saturated rings. The molecule has 0 N–H and O–H groups in total. The van der Waals surface area contributed by atoms with Crippen LogP contribution in [0.5, 0.6) is 0 Å². The lowest BCUT2D eigenvalue weighted by Gasteiger charge is -2.46. The Balaban J connectivity index is 1.07. The monoisotopic (exact) mass is 806 g/mol. The van der Waals surface area contributed by atoms with E-state index in [-0.39, 0.29) is 0 Å². The highest BCUT2D eigenvalue weighted by Crippen LogP contribution is 2.62. The molecule has 0 amide bonds. The van der Waals surface area contributed by atoms with E-state index in [1.807, 2.05) is 11.8 Å². The number of aromatic nitrogens is 1. The van der Waals surface area contributed by atoms with Crippen molar-refractivity contribution in [1.29, 1.82) is 0 Å². The zero-order valence-electron chi connectivity index (χ0n) is 33.7. The van der Waals surface area contributed by atoms with E-state index in [9.17, 15) is 0 Å². The van der Waals surface area contributed by atoms with Gasteiger partial charge in [-0.15, -0.1) is 0 Å². The van der Waals surface area contributed by atoms with Crippen molar-refractivity contribution in [3.63, 3.8) is 0 Å². The van der Waals surface area contributed by atoms with Crippen molar-refractivity contribution in [3.8, 4) is 27.9 Å². The summed E-state index contributed by atoms with van der Waals surface area (Å²) in [6.45, 7) is 0. The minimum absolute atomic E-state index is 0.538. The number of rotatable bonds is 5. The molecule has 0 saturated carbocycles. The summed E-state index contributed by atoms with van der Waals surface area (Å²) in [5.41, 5.74) is 16.6. The second kappa shape index (κ2) is 13.7. The Morgan fingerprint density at radius 2 is 0.984 bits per heavy atom. The second-order valence-electron chi connectivity index (χ2n) is 16.4. The van der Waals surface area contributed by atoms with Gasteiger partial charge in [0.1, 0.15) is 0 Å². The van der Waals surface area contributed by atoms with Crippen LogP contribution in [0.15, 0.2) is 240 Å². The SMILES string of the molecule is c1ccc(-c2ccccc2-n2c3ccccc3c3cc(N(c4ccccc4)c4ccc5c(c4)C4(c6ccccc6S5)c5ccccc5-c5cccc6cccc4c56)ccc32)cc1. The summed E-state index contributed by atoms with van der Waals surface area (Å²) in [4.78, 5) is 5.03. The molecule has 62 heavy (non-hydrogen) atoms. The minimum Gasteiger partial charge on any atom is -0.310 e. The zero-order valence-corrected chi connectivity index (χ0v) is 34.6. The Morgan fingerprint density at radius 3 is 1.85 bits per heavy atom. The Morgan fingerprint density at radius 1 is 0.371 bits per heavy atom. The third-order valence-corrected chi connectivity index (χ3v) is 14.4. The highest BCUT2D eigenvalue weighted by Gasteiger charge is 2.48. The summed E-state index contributed by atoms with van der Waals surface area (Å²) in [7, 11) is 0. The van der Waals surface area contributed by atoms with Gasteiger partial charge in [0.2, 0.25) is 0 Å². The van der Waals surface area contributed by atoms with Gasteiger partial charge in [-0.2, -0.15) is 0 Å². The van der Waals surface area contributed by atoms with Crippen LogP contribution in [0.25, 0.3) is 60.5 Å². The Kier molecular flexibility index (Phi) is 7.79. The summed E-state index contributed by atoms with van der Waals surface area (Å²) >= 11 is 1.89. The third kappa shape index (κ3) is 5.00. The average molecular weight is 807 g/mol. The van der Waals surface area contributed by atoms with Gasteiger partial charge in [-0.05, 0) is 116 Å². The molecule has 0 bridgehead atoms. The van der Waals surface area contributed by atoms with Crippen molar-refractivity contribution >= 4 is 61.4 Å². The molecule has 0 radical (unpaired) electrons. The van der Waals surface area contributed by atoms with E-state index < -0.39 is 5.41 Å². The molecule has 1 aliphatic heterocycles. The lowest BCUT2D eigenvalue weighted by atomic mass is 9.59. The number of para-hydroxylation sites is 3. The van der Waals surface area contributed by atoms with Gasteiger partial charge in [0, 0.05) is 43.2 Å². The molecule has 2 heterocycles. The molecule has 2 nitrogen and oxygen atoms in total. The van der Waals surface area contributed by atoms with Crippen molar-refractivity contribution < 1.29 is 0 Å². The second-order valence-corrected chi connectivity index (χ2v) is 17.5. The minimum atomic E-state index is -0.538. The molecule has 2 aliphatic rings. The van der Waals surface area contributed by atoms with Gasteiger partial charge in [0.25, 0.3) is 0 Å². The highest BCUT2D eigenvalue weighted by molar-refractivity contribution is 7.99. The van der Waals surface area contributed by atoms with Crippen LogP contribution in [0.4, 0.5) is 17.1 Å². The van der Waals surface area contributed by atoms with Gasteiger partial charge < -0.3 is 9.47 Å². The fourth-order valence-corrected chi connectivity index (χ4v) is 11.9. The fraction of sp³-hybridized carbons (Fsp3) is 0.0169. The maximum atomic E-state index is 2.50. The van der Waals surface area contributed by atoms with Crippen LogP contribution in [-0.4, -0.2) is 4.57 Å². The third-order valence-electron chi connectivity index (χ3n) is 13.2. The first kappa shape index (κ1) is 35.2. The predicted octanol–water partition coefficient (Wildman–Crippen LogP) is 15.9. The quantitative estimate of drug-likeness (QED) is 0.171. The summed E-state index contributed by atoms with van der Waals surface area (Å²) in [6.07, 6.45) is 0. The van der Waals surface area contributed by atoms with Crippen LogP contribution in [0.3, 0.4) is 0 Å². The number of fused-ring (bicyclic) bond motifs is 11. The number of anilines is 3. The Hall–Kier alpha value is -7.59. The molecule has 1 aromatic heterocycles. The van der Waals surface area contributed by atoms with Gasteiger partial charge >= 0.3 is 0 Å². The zero-order chi connectivity index (χ0) is 40.8. The standard InChI is InChI=1S/C59H38N2S/c1-3-17-39(18-4-1)44-23-8-12-30-53(44)61-54-31-13-9-25-46(54)48-37-42(33-35-55(48)61)60(41-21-5-2-6-22-41)43-34-36-57-52(38-43)59(50-28-11-14-32-56(50)62-57)49-27-10-7-24-45(49)47-26-15-19-40-20-16-29-51(59)58(40)47/h1-38H. The Labute approximate surface area is 365 Å². The summed E-state index contributed by atoms with van der Waals surface area (Å²) < 4.78 is 2.44. The molecule has 3 heteroatoms. The first-order valence-corrected chi connectivity index (χ1v) is 22.2. The summed E-state index contributed by atoms with van der Waals surface area (Å²) in [5.74, 6) is 0. The molecule has 0 saturated heterocycles. The molecule has 10 aromatic carbocycles. The molecule has 290 valence electrons. The van der Waals surface area contributed by atoms with Crippen LogP contribution < -0.4 is 4.90 Å². The van der Waals surface area contributed by atoms with Crippen LogP contribution >= 0.6 is 11.8 Å².